The van der Waals surface area contributed by atoms with Crippen LogP contribution < -0.4 is 4.74 Å². The molecule has 0 spiro atoms. The van der Waals surface area contributed by atoms with Crippen molar-refractivity contribution in [3.8, 4) is 17.0 Å². The molecule has 0 saturated carbocycles. The molecule has 2 heterocycles. The van der Waals surface area contributed by atoms with Crippen LogP contribution in [0.5, 0.6) is 5.88 Å². The molecule has 0 fully saturated rings. The van der Waals surface area contributed by atoms with Gasteiger partial charge in [-0.15, -0.1) is 0 Å². The lowest BCUT2D eigenvalue weighted by Gasteiger charge is -2.18. The maximum atomic E-state index is 14.4. The Hall–Kier alpha value is -2.77. The van der Waals surface area contributed by atoms with E-state index in [9.17, 15) is 22.0 Å². The molecule has 0 aliphatic heterocycles. The largest absolute Gasteiger partial charge is 0.477 e. The molecule has 174 valence electrons. The molecule has 0 bridgehead atoms. The third-order valence-corrected chi connectivity index (χ3v) is 4.60. The summed E-state index contributed by atoms with van der Waals surface area (Å²) in [5.41, 5.74) is -0.885. The summed E-state index contributed by atoms with van der Waals surface area (Å²) in [7, 11) is 0. The van der Waals surface area contributed by atoms with Gasteiger partial charge in [-0.3, -0.25) is 4.98 Å². The van der Waals surface area contributed by atoms with Gasteiger partial charge in [-0.25, -0.2) is 13.8 Å². The van der Waals surface area contributed by atoms with Crippen LogP contribution >= 0.6 is 0 Å². The fraction of sp³-hybridized carbons (Fsp3) is 0.417. The van der Waals surface area contributed by atoms with Gasteiger partial charge in [-0.1, -0.05) is 34.6 Å². The van der Waals surface area contributed by atoms with Crippen molar-refractivity contribution in [1.29, 1.82) is 0 Å². The van der Waals surface area contributed by atoms with E-state index in [1.54, 1.807) is 0 Å². The smallest absolute Gasteiger partial charge is 0.421 e. The van der Waals surface area contributed by atoms with Crippen LogP contribution in [0.15, 0.2) is 36.7 Å². The first-order valence-corrected chi connectivity index (χ1v) is 10.5. The number of aromatic nitrogens is 2. The second kappa shape index (κ2) is 10.7. The van der Waals surface area contributed by atoms with E-state index in [2.05, 4.69) is 9.97 Å². The molecule has 1 atom stereocenters. The van der Waals surface area contributed by atoms with Crippen molar-refractivity contribution in [3.05, 3.63) is 53.9 Å². The maximum absolute atomic E-state index is 14.4. The Labute approximate surface area is 184 Å². The Kier molecular flexibility index (Phi) is 8.52. The third-order valence-electron chi connectivity index (χ3n) is 4.60. The van der Waals surface area contributed by atoms with Crippen LogP contribution in [-0.4, -0.2) is 16.6 Å². The minimum absolute atomic E-state index is 0.00129. The molecule has 1 unspecified atom stereocenters. The van der Waals surface area contributed by atoms with Gasteiger partial charge in [0, 0.05) is 35.5 Å². The molecule has 0 radical (unpaired) electrons. The normalized spacial score (nSPS) is 12.5. The lowest BCUT2D eigenvalue weighted by Crippen LogP contribution is -2.15. The summed E-state index contributed by atoms with van der Waals surface area (Å²) in [4.78, 5) is 7.77. The number of pyridine rings is 2. The van der Waals surface area contributed by atoms with Crippen LogP contribution in [0.2, 0.25) is 0 Å². The second-order valence-electron chi connectivity index (χ2n) is 7.76. The van der Waals surface area contributed by atoms with Crippen LogP contribution in [0, 0.1) is 23.5 Å². The van der Waals surface area contributed by atoms with E-state index in [1.165, 1.54) is 18.5 Å². The van der Waals surface area contributed by atoms with Crippen molar-refractivity contribution in [3.63, 3.8) is 0 Å². The van der Waals surface area contributed by atoms with E-state index in [0.29, 0.717) is 12.0 Å². The summed E-state index contributed by atoms with van der Waals surface area (Å²) in [6, 6.07) is 3.92. The molecule has 0 aliphatic rings. The first-order valence-electron chi connectivity index (χ1n) is 10.5. The first-order chi connectivity index (χ1) is 15.1. The highest BCUT2D eigenvalue weighted by Crippen LogP contribution is 2.39. The van der Waals surface area contributed by atoms with Gasteiger partial charge in [-0.05, 0) is 36.0 Å². The predicted molar refractivity (Wildman–Crippen MR) is 115 cm³/mol. The lowest BCUT2D eigenvalue weighted by atomic mass is 10.00. The van der Waals surface area contributed by atoms with E-state index in [1.807, 2.05) is 34.6 Å². The van der Waals surface area contributed by atoms with Crippen molar-refractivity contribution >= 4 is 10.9 Å². The molecule has 32 heavy (non-hydrogen) atoms. The quantitative estimate of drug-likeness (QED) is 0.358. The molecule has 3 nitrogen and oxygen atoms in total. The highest BCUT2D eigenvalue weighted by atomic mass is 19.4. The fourth-order valence-corrected chi connectivity index (χ4v) is 3.46. The standard InChI is InChI=1S/C22H21F5N2O.C2H6/c1-12(2)6-13(3)11-30-21-17(22(25,26)27)7-14(10-29-21)16-4-5-28-19-9-15(23)8-18(24)20(16)19;1-2/h4-5,7-10,12-13H,6,11H2,1-3H3;1-2H3. The van der Waals surface area contributed by atoms with Gasteiger partial charge in [0.1, 0.15) is 17.2 Å². The summed E-state index contributed by atoms with van der Waals surface area (Å²) < 4.78 is 74.2. The molecule has 0 amide bonds. The SMILES string of the molecule is CC.CC(C)CC(C)COc1ncc(-c2ccnc3cc(F)cc(F)c23)cc1C(F)(F)F. The summed E-state index contributed by atoms with van der Waals surface area (Å²) in [5, 5.41) is -0.0759. The average molecular weight is 454 g/mol. The second-order valence-corrected chi connectivity index (χ2v) is 7.76. The zero-order chi connectivity index (χ0) is 24.1. The highest BCUT2D eigenvalue weighted by molar-refractivity contribution is 5.94. The molecular weight excluding hydrogens is 427 g/mol. The predicted octanol–water partition coefficient (Wildman–Crippen LogP) is 7.68. The maximum Gasteiger partial charge on any atom is 0.421 e. The van der Waals surface area contributed by atoms with E-state index in [0.717, 1.165) is 18.6 Å². The number of fused-ring (bicyclic) bond motifs is 1. The molecule has 1 aromatic carbocycles. The molecule has 2 aromatic heterocycles. The Balaban J connectivity index is 0.00000176. The van der Waals surface area contributed by atoms with E-state index < -0.39 is 29.3 Å². The molecule has 3 aromatic rings. The number of hydrogen-bond acceptors (Lipinski definition) is 3. The average Bonchev–Trinajstić information content (AvgIpc) is 2.72. The van der Waals surface area contributed by atoms with Gasteiger partial charge in [0.25, 0.3) is 0 Å². The zero-order valence-corrected chi connectivity index (χ0v) is 18.7. The summed E-state index contributed by atoms with van der Waals surface area (Å²) >= 11 is 0. The molecule has 8 heteroatoms. The van der Waals surface area contributed by atoms with Crippen LogP contribution in [-0.2, 0) is 6.18 Å². The minimum atomic E-state index is -4.72. The third kappa shape index (κ3) is 6.14. The zero-order valence-electron chi connectivity index (χ0n) is 18.7. The van der Waals surface area contributed by atoms with Gasteiger partial charge in [0.15, 0.2) is 0 Å². The monoisotopic (exact) mass is 454 g/mol. The Bertz CT molecular complexity index is 1050. The van der Waals surface area contributed by atoms with Crippen molar-refractivity contribution in [1.82, 2.24) is 9.97 Å². The number of halogens is 5. The summed E-state index contributed by atoms with van der Waals surface area (Å²) in [5.74, 6) is -1.81. The van der Waals surface area contributed by atoms with Crippen LogP contribution in [0.1, 0.15) is 46.6 Å². The van der Waals surface area contributed by atoms with Crippen LogP contribution in [0.25, 0.3) is 22.0 Å². The van der Waals surface area contributed by atoms with Gasteiger partial charge in [0.05, 0.1) is 12.1 Å². The van der Waals surface area contributed by atoms with E-state index >= 15 is 0 Å². The number of nitrogens with zero attached hydrogens (tertiary/aromatic N) is 2. The lowest BCUT2D eigenvalue weighted by molar-refractivity contribution is -0.139. The summed E-state index contributed by atoms with van der Waals surface area (Å²) in [6.45, 7) is 10.0. The molecular formula is C24H27F5N2O. The van der Waals surface area contributed by atoms with Crippen LogP contribution in [0.3, 0.4) is 0 Å². The number of hydrogen-bond donors (Lipinski definition) is 0. The highest BCUT2D eigenvalue weighted by Gasteiger charge is 2.36. The van der Waals surface area contributed by atoms with Gasteiger partial charge in [0.2, 0.25) is 5.88 Å². The number of benzene rings is 1. The molecule has 3 rings (SSSR count). The molecule has 0 aliphatic carbocycles. The van der Waals surface area contributed by atoms with Crippen LogP contribution in [0.4, 0.5) is 22.0 Å². The topological polar surface area (TPSA) is 35.0 Å². The Morgan fingerprint density at radius 2 is 1.69 bits per heavy atom. The molecule has 0 N–H and O–H groups in total. The Morgan fingerprint density at radius 1 is 1.00 bits per heavy atom. The van der Waals surface area contributed by atoms with Crippen molar-refractivity contribution < 1.29 is 26.7 Å². The number of alkyl halides is 3. The van der Waals surface area contributed by atoms with Gasteiger partial charge >= 0.3 is 6.18 Å². The van der Waals surface area contributed by atoms with Crippen molar-refractivity contribution in [2.45, 2.75) is 47.2 Å². The van der Waals surface area contributed by atoms with Crippen molar-refractivity contribution in [2.24, 2.45) is 11.8 Å². The van der Waals surface area contributed by atoms with E-state index in [4.69, 9.17) is 4.74 Å². The van der Waals surface area contributed by atoms with Gasteiger partial charge < -0.3 is 4.74 Å². The Morgan fingerprint density at radius 3 is 2.31 bits per heavy atom. The van der Waals surface area contributed by atoms with E-state index in [-0.39, 0.29) is 34.6 Å². The first kappa shape index (κ1) is 25.5. The number of ether oxygens (including phenoxy) is 1. The van der Waals surface area contributed by atoms with Gasteiger partial charge in [-0.2, -0.15) is 13.2 Å². The number of rotatable bonds is 6. The minimum Gasteiger partial charge on any atom is -0.477 e. The molecule has 0 saturated heterocycles. The summed E-state index contributed by atoms with van der Waals surface area (Å²) in [6.07, 6.45) is -1.44. The fourth-order valence-electron chi connectivity index (χ4n) is 3.46. The van der Waals surface area contributed by atoms with Crippen molar-refractivity contribution in [2.75, 3.05) is 6.61 Å².